The summed E-state index contributed by atoms with van der Waals surface area (Å²) in [5.41, 5.74) is 1.99. The van der Waals surface area contributed by atoms with Crippen molar-refractivity contribution >= 4 is 17.6 Å². The Morgan fingerprint density at radius 2 is 1.37 bits per heavy atom. The van der Waals surface area contributed by atoms with Gasteiger partial charge in [-0.15, -0.1) is 0 Å². The molecule has 0 fully saturated rings. The molecule has 3 aromatic rings. The van der Waals surface area contributed by atoms with E-state index in [9.17, 15) is 24.8 Å². The van der Waals surface area contributed by atoms with Crippen LogP contribution in [0.3, 0.4) is 0 Å². The largest absolute Gasteiger partial charge is 0.480 e. The van der Waals surface area contributed by atoms with Crippen LogP contribution in [0.5, 0.6) is 0 Å². The number of nitrogens with one attached hydrogen (secondary N) is 1. The van der Waals surface area contributed by atoms with E-state index in [-0.39, 0.29) is 12.1 Å². The van der Waals surface area contributed by atoms with Gasteiger partial charge in [-0.1, -0.05) is 72.8 Å². The maximum Gasteiger partial charge on any atom is 0.326 e. The number of non-ortho nitro benzene ring substituents is 1. The first-order chi connectivity index (χ1) is 14.5. The van der Waals surface area contributed by atoms with Crippen LogP contribution in [-0.2, 0) is 16.0 Å². The topological polar surface area (TPSA) is 110 Å². The molecule has 0 saturated carbocycles. The molecule has 0 aliphatic heterocycles. The molecule has 152 valence electrons. The molecule has 0 saturated heterocycles. The first kappa shape index (κ1) is 20.7. The van der Waals surface area contributed by atoms with Gasteiger partial charge in [0.2, 0.25) is 5.91 Å². The highest BCUT2D eigenvalue weighted by atomic mass is 16.6. The van der Waals surface area contributed by atoms with Crippen molar-refractivity contribution in [2.24, 2.45) is 0 Å². The third-order valence-electron chi connectivity index (χ3n) is 4.73. The highest BCUT2D eigenvalue weighted by Gasteiger charge is 2.28. The van der Waals surface area contributed by atoms with Gasteiger partial charge in [0.15, 0.2) is 0 Å². The molecule has 0 aliphatic rings. The summed E-state index contributed by atoms with van der Waals surface area (Å²) in [6.45, 7) is 0. The highest BCUT2D eigenvalue weighted by molar-refractivity contribution is 5.90. The summed E-state index contributed by atoms with van der Waals surface area (Å²) in [5.74, 6) is -2.27. The minimum absolute atomic E-state index is 0.00929. The van der Waals surface area contributed by atoms with Crippen LogP contribution in [-0.4, -0.2) is 27.9 Å². The van der Waals surface area contributed by atoms with Gasteiger partial charge in [0.05, 0.1) is 10.8 Å². The minimum atomic E-state index is -1.18. The number of aliphatic carboxylic acids is 1. The predicted octanol–water partition coefficient (Wildman–Crippen LogP) is 3.54. The summed E-state index contributed by atoms with van der Waals surface area (Å²) in [4.78, 5) is 35.2. The van der Waals surface area contributed by atoms with Crippen LogP contribution in [0.25, 0.3) is 0 Å². The maximum atomic E-state index is 13.1. The van der Waals surface area contributed by atoms with E-state index < -0.39 is 28.8 Å². The molecule has 1 atom stereocenters. The molecule has 1 amide bonds. The van der Waals surface area contributed by atoms with E-state index in [0.29, 0.717) is 5.56 Å². The quantitative estimate of drug-likeness (QED) is 0.441. The molecule has 2 N–H and O–H groups in total. The Labute approximate surface area is 173 Å². The molecule has 3 aromatic carbocycles. The number of carbonyl (C=O) groups is 2. The molecular weight excluding hydrogens is 384 g/mol. The van der Waals surface area contributed by atoms with Gasteiger partial charge in [-0.3, -0.25) is 14.9 Å². The SMILES string of the molecule is O=C(N[C@H](Cc1ccc([N+](=O)[O-])cc1)C(=O)O)C(c1ccccc1)c1ccccc1. The molecule has 7 nitrogen and oxygen atoms in total. The van der Waals surface area contributed by atoms with Gasteiger partial charge in [-0.25, -0.2) is 4.79 Å². The lowest BCUT2D eigenvalue weighted by Crippen LogP contribution is -2.44. The van der Waals surface area contributed by atoms with Crippen LogP contribution in [0.2, 0.25) is 0 Å². The van der Waals surface area contributed by atoms with Gasteiger partial charge in [-0.2, -0.15) is 0 Å². The molecule has 0 radical (unpaired) electrons. The van der Waals surface area contributed by atoms with Crippen LogP contribution in [0, 0.1) is 10.1 Å². The molecule has 0 spiro atoms. The number of carboxylic acid groups (broad SMARTS) is 1. The normalized spacial score (nSPS) is 11.6. The van der Waals surface area contributed by atoms with Crippen molar-refractivity contribution in [3.05, 3.63) is 112 Å². The zero-order valence-corrected chi connectivity index (χ0v) is 16.0. The van der Waals surface area contributed by atoms with Gasteiger partial charge < -0.3 is 10.4 Å². The average Bonchev–Trinajstić information content (AvgIpc) is 2.75. The zero-order chi connectivity index (χ0) is 21.5. The minimum Gasteiger partial charge on any atom is -0.480 e. The molecule has 0 unspecified atom stereocenters. The Bertz CT molecular complexity index is 981. The van der Waals surface area contributed by atoms with Gasteiger partial charge >= 0.3 is 5.97 Å². The van der Waals surface area contributed by atoms with Gasteiger partial charge in [0.1, 0.15) is 6.04 Å². The molecule has 3 rings (SSSR count). The number of nitrogens with zero attached hydrogens (tertiary/aromatic N) is 1. The maximum absolute atomic E-state index is 13.1. The smallest absolute Gasteiger partial charge is 0.326 e. The summed E-state index contributed by atoms with van der Waals surface area (Å²) in [5, 5.41) is 23.0. The Morgan fingerprint density at radius 1 is 0.867 bits per heavy atom. The van der Waals surface area contributed by atoms with Crippen LogP contribution in [0.15, 0.2) is 84.9 Å². The summed E-state index contributed by atoms with van der Waals surface area (Å²) >= 11 is 0. The first-order valence-electron chi connectivity index (χ1n) is 9.32. The Kier molecular flexibility index (Phi) is 6.54. The van der Waals surface area contributed by atoms with Crippen LogP contribution < -0.4 is 5.32 Å². The van der Waals surface area contributed by atoms with E-state index in [1.807, 2.05) is 60.7 Å². The fourth-order valence-electron chi connectivity index (χ4n) is 3.23. The standard InChI is InChI=1S/C23H20N2O5/c26-22(21(17-7-3-1-4-8-17)18-9-5-2-6-10-18)24-20(23(27)28)15-16-11-13-19(14-12-16)25(29)30/h1-14,20-21H,15H2,(H,24,26)(H,27,28)/t20-/m1/s1. The van der Waals surface area contributed by atoms with E-state index >= 15 is 0 Å². The zero-order valence-electron chi connectivity index (χ0n) is 16.0. The van der Waals surface area contributed by atoms with Gasteiger partial charge in [0, 0.05) is 18.6 Å². The summed E-state index contributed by atoms with van der Waals surface area (Å²) in [7, 11) is 0. The number of rotatable bonds is 8. The molecular formula is C23H20N2O5. The van der Waals surface area contributed by atoms with E-state index in [4.69, 9.17) is 0 Å². The second kappa shape index (κ2) is 9.47. The lowest BCUT2D eigenvalue weighted by atomic mass is 9.90. The second-order valence-corrected chi connectivity index (χ2v) is 6.78. The predicted molar refractivity (Wildman–Crippen MR) is 111 cm³/mol. The lowest BCUT2D eigenvalue weighted by Gasteiger charge is -2.21. The number of amides is 1. The number of carbonyl (C=O) groups excluding carboxylic acids is 1. The van der Waals surface area contributed by atoms with E-state index in [1.54, 1.807) is 0 Å². The Hall–Kier alpha value is -4.00. The summed E-state index contributed by atoms with van der Waals surface area (Å²) < 4.78 is 0. The number of nitro groups is 1. The van der Waals surface area contributed by atoms with Crippen molar-refractivity contribution in [1.82, 2.24) is 5.32 Å². The first-order valence-corrected chi connectivity index (χ1v) is 9.32. The van der Waals surface area contributed by atoms with Crippen molar-refractivity contribution in [2.45, 2.75) is 18.4 Å². The fraction of sp³-hybridized carbons (Fsp3) is 0.130. The summed E-state index contributed by atoms with van der Waals surface area (Å²) in [6, 6.07) is 22.7. The third-order valence-corrected chi connectivity index (χ3v) is 4.73. The van der Waals surface area contributed by atoms with Crippen molar-refractivity contribution in [3.8, 4) is 0 Å². The van der Waals surface area contributed by atoms with E-state index in [0.717, 1.165) is 11.1 Å². The monoisotopic (exact) mass is 404 g/mol. The Balaban J connectivity index is 1.83. The van der Waals surface area contributed by atoms with Crippen molar-refractivity contribution < 1.29 is 19.6 Å². The highest BCUT2D eigenvalue weighted by Crippen LogP contribution is 2.25. The second-order valence-electron chi connectivity index (χ2n) is 6.78. The molecule has 0 bridgehead atoms. The molecule has 0 aromatic heterocycles. The van der Waals surface area contributed by atoms with E-state index in [1.165, 1.54) is 24.3 Å². The van der Waals surface area contributed by atoms with Crippen molar-refractivity contribution in [1.29, 1.82) is 0 Å². The molecule has 0 aliphatic carbocycles. The molecule has 7 heteroatoms. The summed E-state index contributed by atoms with van der Waals surface area (Å²) in [6.07, 6.45) is 0.00929. The van der Waals surface area contributed by atoms with Crippen molar-refractivity contribution in [2.75, 3.05) is 0 Å². The molecule has 0 heterocycles. The van der Waals surface area contributed by atoms with Crippen LogP contribution in [0.1, 0.15) is 22.6 Å². The number of nitro benzene ring substituents is 1. The number of carboxylic acids is 1. The van der Waals surface area contributed by atoms with Crippen molar-refractivity contribution in [3.63, 3.8) is 0 Å². The fourth-order valence-corrected chi connectivity index (χ4v) is 3.23. The average molecular weight is 404 g/mol. The third kappa shape index (κ3) is 5.08. The Morgan fingerprint density at radius 3 is 1.80 bits per heavy atom. The number of benzene rings is 3. The van der Waals surface area contributed by atoms with Crippen LogP contribution >= 0.6 is 0 Å². The van der Waals surface area contributed by atoms with Gasteiger partial charge in [-0.05, 0) is 16.7 Å². The number of hydrogen-bond donors (Lipinski definition) is 2. The number of hydrogen-bond acceptors (Lipinski definition) is 4. The van der Waals surface area contributed by atoms with Crippen LogP contribution in [0.4, 0.5) is 5.69 Å². The molecule has 30 heavy (non-hydrogen) atoms. The lowest BCUT2D eigenvalue weighted by molar-refractivity contribution is -0.384. The van der Waals surface area contributed by atoms with Gasteiger partial charge in [0.25, 0.3) is 5.69 Å². The van der Waals surface area contributed by atoms with E-state index in [2.05, 4.69) is 5.32 Å².